The van der Waals surface area contributed by atoms with Crippen molar-refractivity contribution in [1.29, 1.82) is 0 Å². The molecule has 0 bridgehead atoms. The molecular formula is C3H6F3NS3. The van der Waals surface area contributed by atoms with Crippen molar-refractivity contribution in [3.05, 3.63) is 0 Å². The third-order valence-electron chi connectivity index (χ3n) is 0.880. The maximum absolute atomic E-state index is 11.9. The highest BCUT2D eigenvalue weighted by atomic mass is 32.3. The molecule has 0 aromatic rings. The van der Waals surface area contributed by atoms with Crippen LogP contribution in [0.2, 0.25) is 0 Å². The fourth-order valence-corrected chi connectivity index (χ4v) is 0.954. The molecule has 0 radical (unpaired) electrons. The summed E-state index contributed by atoms with van der Waals surface area (Å²) < 4.78 is 33.8. The molecule has 0 aliphatic rings. The molecule has 0 saturated heterocycles. The summed E-state index contributed by atoms with van der Waals surface area (Å²) in [6.45, 7) is 1.34. The Bertz CT molecular complexity index is 88.7. The molecule has 0 fully saturated rings. The van der Waals surface area contributed by atoms with Crippen LogP contribution in [0.3, 0.4) is 0 Å². The predicted octanol–water partition coefficient (Wildman–Crippen LogP) is 2.84. The van der Waals surface area contributed by atoms with Crippen LogP contribution in [-0.4, -0.2) is 9.45 Å². The highest BCUT2D eigenvalue weighted by Crippen LogP contribution is 2.50. The van der Waals surface area contributed by atoms with E-state index >= 15 is 0 Å². The van der Waals surface area contributed by atoms with E-state index in [1.165, 1.54) is 6.92 Å². The van der Waals surface area contributed by atoms with Gasteiger partial charge < -0.3 is 5.73 Å². The Labute approximate surface area is 70.6 Å². The van der Waals surface area contributed by atoms with Gasteiger partial charge in [0.25, 0.3) is 0 Å². The molecule has 2 N–H and O–H groups in total. The first-order valence-electron chi connectivity index (χ1n) is 2.27. The molecule has 0 saturated carbocycles. The highest BCUT2D eigenvalue weighted by Gasteiger charge is 2.40. The zero-order chi connectivity index (χ0) is 8.20. The molecule has 0 heterocycles. The molecule has 0 aromatic carbocycles. The molecular weight excluding hydrogens is 203 g/mol. The molecule has 0 spiro atoms. The smallest absolute Gasteiger partial charge is 0.214 e. The summed E-state index contributed by atoms with van der Waals surface area (Å²) in [5.74, 6) is 0. The Hall–Kier alpha value is 0.800. The summed E-state index contributed by atoms with van der Waals surface area (Å²) in [6, 6.07) is -0.896. The fraction of sp³-hybridized carbons (Fsp3) is 1.00. The van der Waals surface area contributed by atoms with Crippen LogP contribution < -0.4 is 5.73 Å². The molecule has 0 amide bonds. The van der Waals surface area contributed by atoms with Gasteiger partial charge in [-0.2, -0.15) is 11.7 Å². The van der Waals surface area contributed by atoms with Crippen LogP contribution >= 0.6 is 36.4 Å². The Morgan fingerprint density at radius 1 is 1.20 bits per heavy atom. The molecule has 0 aromatic heterocycles. The minimum atomic E-state index is -1.85. The largest absolute Gasteiger partial charge is 0.325 e. The van der Waals surface area contributed by atoms with E-state index in [0.29, 0.717) is 0 Å². The summed E-state index contributed by atoms with van der Waals surface area (Å²) in [4.78, 5) is 0. The lowest BCUT2D eigenvalue weighted by Crippen LogP contribution is -2.35. The lowest BCUT2D eigenvalue weighted by molar-refractivity contribution is 0.735. The van der Waals surface area contributed by atoms with E-state index < -0.39 is 45.9 Å². The first-order valence-corrected chi connectivity index (χ1v) is 4.43. The third-order valence-corrected chi connectivity index (χ3v) is 3.77. The van der Waals surface area contributed by atoms with E-state index in [0.717, 1.165) is 0 Å². The summed E-state index contributed by atoms with van der Waals surface area (Å²) in [5, 5.41) is 0. The SMILES string of the molecule is CC(N)C(SF)(SF)SF. The highest BCUT2D eigenvalue weighted by molar-refractivity contribution is 8.29. The molecule has 1 nitrogen and oxygen atoms in total. The Kier molecular flexibility index (Phi) is 5.00. The minimum absolute atomic E-state index is 0.424. The van der Waals surface area contributed by atoms with Crippen molar-refractivity contribution < 1.29 is 11.7 Å². The second-order valence-electron chi connectivity index (χ2n) is 1.62. The van der Waals surface area contributed by atoms with Crippen molar-refractivity contribution in [1.82, 2.24) is 0 Å². The molecule has 10 heavy (non-hydrogen) atoms. The van der Waals surface area contributed by atoms with E-state index in [1.807, 2.05) is 0 Å². The van der Waals surface area contributed by atoms with Gasteiger partial charge in [0.05, 0.1) is 36.4 Å². The van der Waals surface area contributed by atoms with Gasteiger partial charge in [-0.25, -0.2) is 0 Å². The first-order chi connectivity index (χ1) is 4.63. The van der Waals surface area contributed by atoms with Gasteiger partial charge in [0.2, 0.25) is 3.41 Å². The second kappa shape index (κ2) is 4.63. The average Bonchev–Trinajstić information content (AvgIpc) is 1.92. The summed E-state index contributed by atoms with van der Waals surface area (Å²) >= 11 is -1.27. The number of rotatable bonds is 4. The number of hydrogen-bond donors (Lipinski definition) is 1. The summed E-state index contributed by atoms with van der Waals surface area (Å²) in [6.07, 6.45) is 0. The van der Waals surface area contributed by atoms with Crippen LogP contribution in [0, 0.1) is 0 Å². The maximum atomic E-state index is 11.9. The van der Waals surface area contributed by atoms with Gasteiger partial charge >= 0.3 is 0 Å². The molecule has 1 atom stereocenters. The van der Waals surface area contributed by atoms with Crippen LogP contribution in [0.5, 0.6) is 0 Å². The van der Waals surface area contributed by atoms with Gasteiger partial charge in [0, 0.05) is 6.04 Å². The quantitative estimate of drug-likeness (QED) is 0.720. The average molecular weight is 209 g/mol. The van der Waals surface area contributed by atoms with Gasteiger partial charge in [-0.3, -0.25) is 0 Å². The van der Waals surface area contributed by atoms with Crippen molar-refractivity contribution in [2.24, 2.45) is 5.73 Å². The van der Waals surface area contributed by atoms with Crippen LogP contribution in [0.1, 0.15) is 6.92 Å². The molecule has 0 aliphatic carbocycles. The first kappa shape index (κ1) is 10.8. The molecule has 7 heteroatoms. The van der Waals surface area contributed by atoms with Gasteiger partial charge in [-0.05, 0) is 6.92 Å². The van der Waals surface area contributed by atoms with Gasteiger partial charge in [-0.1, -0.05) is 0 Å². The molecule has 0 aliphatic heterocycles. The second-order valence-corrected chi connectivity index (χ2v) is 4.79. The van der Waals surface area contributed by atoms with E-state index in [2.05, 4.69) is 0 Å². The van der Waals surface area contributed by atoms with E-state index in [1.54, 1.807) is 0 Å². The minimum Gasteiger partial charge on any atom is -0.325 e. The zero-order valence-electron chi connectivity index (χ0n) is 5.01. The summed E-state index contributed by atoms with van der Waals surface area (Å²) in [5.41, 5.74) is 5.12. The number of halogens is 3. The van der Waals surface area contributed by atoms with Gasteiger partial charge in [0.1, 0.15) is 0 Å². The van der Waals surface area contributed by atoms with Crippen LogP contribution in [0.25, 0.3) is 0 Å². The van der Waals surface area contributed by atoms with E-state index in [4.69, 9.17) is 5.73 Å². The van der Waals surface area contributed by atoms with Crippen molar-refractivity contribution in [3.8, 4) is 0 Å². The predicted molar refractivity (Wildman–Crippen MR) is 42.5 cm³/mol. The fourth-order valence-electron chi connectivity index (χ4n) is 0.246. The van der Waals surface area contributed by atoms with Crippen molar-refractivity contribution in [2.45, 2.75) is 16.4 Å². The van der Waals surface area contributed by atoms with Crippen LogP contribution in [0.15, 0.2) is 0 Å². The monoisotopic (exact) mass is 209 g/mol. The molecule has 62 valence electrons. The molecule has 1 unspecified atom stereocenters. The van der Waals surface area contributed by atoms with Crippen LogP contribution in [0.4, 0.5) is 11.7 Å². The van der Waals surface area contributed by atoms with Crippen molar-refractivity contribution in [3.63, 3.8) is 0 Å². The summed E-state index contributed by atoms with van der Waals surface area (Å²) in [7, 11) is 0. The van der Waals surface area contributed by atoms with Crippen molar-refractivity contribution in [2.75, 3.05) is 0 Å². The lowest BCUT2D eigenvalue weighted by atomic mass is 10.4. The van der Waals surface area contributed by atoms with Crippen LogP contribution in [-0.2, 0) is 0 Å². The van der Waals surface area contributed by atoms with Gasteiger partial charge in [0.15, 0.2) is 0 Å². The topological polar surface area (TPSA) is 26.0 Å². The molecule has 0 rings (SSSR count). The van der Waals surface area contributed by atoms with E-state index in [9.17, 15) is 11.7 Å². The Balaban J connectivity index is 4.15. The maximum Gasteiger partial charge on any atom is 0.214 e. The number of nitrogens with two attached hydrogens (primary N) is 1. The van der Waals surface area contributed by atoms with E-state index in [-0.39, 0.29) is 0 Å². The standard InChI is InChI=1S/C3H6F3NS3/c1-2(7)3(8-4,9-5)10-6/h2H,7H2,1H3. The van der Waals surface area contributed by atoms with Gasteiger partial charge in [-0.15, -0.1) is 0 Å². The lowest BCUT2D eigenvalue weighted by Gasteiger charge is -2.22. The zero-order valence-corrected chi connectivity index (χ0v) is 7.46. The normalized spacial score (nSPS) is 15.3. The third kappa shape index (κ3) is 2.14. The number of hydrogen-bond acceptors (Lipinski definition) is 4. The van der Waals surface area contributed by atoms with Crippen molar-refractivity contribution >= 4 is 36.4 Å². The Morgan fingerprint density at radius 3 is 1.50 bits per heavy atom. The Morgan fingerprint density at radius 2 is 1.50 bits per heavy atom.